The predicted octanol–water partition coefficient (Wildman–Crippen LogP) is 6.89. The molecule has 1 saturated heterocycles. The van der Waals surface area contributed by atoms with Crippen molar-refractivity contribution >= 4 is 68.1 Å². The largest absolute Gasteiger partial charge is 0.490 e. The number of anilines is 1. The average molecular weight is 620 g/mol. The van der Waals surface area contributed by atoms with Crippen molar-refractivity contribution in [3.05, 3.63) is 92.0 Å². The van der Waals surface area contributed by atoms with Gasteiger partial charge in [-0.2, -0.15) is 0 Å². The first kappa shape index (κ1) is 27.7. The molecule has 3 aromatic carbocycles. The molecule has 1 fully saturated rings. The number of thioether (sulfide) groups is 1. The van der Waals surface area contributed by atoms with Crippen LogP contribution in [-0.4, -0.2) is 35.1 Å². The summed E-state index contributed by atoms with van der Waals surface area (Å²) in [6, 6.07) is 15.9. The minimum atomic E-state index is -0.599. The molecule has 1 N–H and O–H groups in total. The SMILES string of the molecule is CCOc1cc(/C=C2\SC(=O)N(CC(=O)Nc3ccc(F)cc3)C2=O)c(Br)cc1OCc1ccccc1Cl. The van der Waals surface area contributed by atoms with Crippen molar-refractivity contribution in [3.8, 4) is 11.5 Å². The minimum Gasteiger partial charge on any atom is -0.490 e. The first-order valence-electron chi connectivity index (χ1n) is 11.4. The molecule has 196 valence electrons. The number of halogens is 3. The highest BCUT2D eigenvalue weighted by Crippen LogP contribution is 2.38. The molecule has 0 bridgehead atoms. The molecule has 1 aliphatic rings. The van der Waals surface area contributed by atoms with Gasteiger partial charge in [-0.3, -0.25) is 19.3 Å². The molecule has 7 nitrogen and oxygen atoms in total. The maximum Gasteiger partial charge on any atom is 0.294 e. The van der Waals surface area contributed by atoms with E-state index >= 15 is 0 Å². The van der Waals surface area contributed by atoms with Crippen LogP contribution in [0.15, 0.2) is 70.0 Å². The van der Waals surface area contributed by atoms with Crippen LogP contribution in [0.5, 0.6) is 11.5 Å². The van der Waals surface area contributed by atoms with Gasteiger partial charge in [-0.05, 0) is 72.8 Å². The van der Waals surface area contributed by atoms with Crippen LogP contribution in [0.2, 0.25) is 5.02 Å². The number of rotatable bonds is 9. The zero-order valence-electron chi connectivity index (χ0n) is 20.0. The highest BCUT2D eigenvalue weighted by Gasteiger charge is 2.36. The Labute approximate surface area is 236 Å². The molecule has 4 rings (SSSR count). The van der Waals surface area contributed by atoms with E-state index in [1.807, 2.05) is 25.1 Å². The normalized spacial score (nSPS) is 14.2. The van der Waals surface area contributed by atoms with E-state index in [1.54, 1.807) is 24.3 Å². The molecule has 0 spiro atoms. The Hall–Kier alpha value is -3.34. The van der Waals surface area contributed by atoms with Gasteiger partial charge >= 0.3 is 0 Å². The Kier molecular flexibility index (Phi) is 9.09. The van der Waals surface area contributed by atoms with Crippen molar-refractivity contribution in [2.24, 2.45) is 0 Å². The smallest absolute Gasteiger partial charge is 0.294 e. The summed E-state index contributed by atoms with van der Waals surface area (Å²) in [5.74, 6) is -0.704. The van der Waals surface area contributed by atoms with Crippen molar-refractivity contribution in [2.45, 2.75) is 13.5 Å². The number of carbonyl (C=O) groups is 3. The Bertz CT molecular complexity index is 1420. The van der Waals surface area contributed by atoms with Gasteiger partial charge < -0.3 is 14.8 Å². The summed E-state index contributed by atoms with van der Waals surface area (Å²) in [6.07, 6.45) is 1.55. The summed E-state index contributed by atoms with van der Waals surface area (Å²) in [7, 11) is 0. The molecular weight excluding hydrogens is 599 g/mol. The van der Waals surface area contributed by atoms with Gasteiger partial charge in [0.15, 0.2) is 11.5 Å². The minimum absolute atomic E-state index is 0.150. The Morgan fingerprint density at radius 2 is 1.82 bits per heavy atom. The number of hydrogen-bond acceptors (Lipinski definition) is 6. The maximum atomic E-state index is 13.1. The van der Waals surface area contributed by atoms with Gasteiger partial charge in [-0.1, -0.05) is 45.7 Å². The van der Waals surface area contributed by atoms with Crippen molar-refractivity contribution in [1.82, 2.24) is 4.90 Å². The molecular formula is C27H21BrClFN2O5S. The topological polar surface area (TPSA) is 84.9 Å². The lowest BCUT2D eigenvalue weighted by molar-refractivity contribution is -0.127. The number of nitrogens with one attached hydrogen (secondary N) is 1. The second-order valence-electron chi connectivity index (χ2n) is 7.96. The molecule has 0 saturated carbocycles. The number of imide groups is 1. The molecule has 0 unspecified atom stereocenters. The summed E-state index contributed by atoms with van der Waals surface area (Å²) in [5.41, 5.74) is 1.75. The molecule has 11 heteroatoms. The van der Waals surface area contributed by atoms with E-state index in [1.165, 1.54) is 24.3 Å². The molecule has 1 aliphatic heterocycles. The number of amides is 3. The highest BCUT2D eigenvalue weighted by atomic mass is 79.9. The third-order valence-corrected chi connectivity index (χ3v) is 7.26. The van der Waals surface area contributed by atoms with Gasteiger partial charge in [0.2, 0.25) is 5.91 Å². The molecule has 3 amide bonds. The lowest BCUT2D eigenvalue weighted by Gasteiger charge is -2.15. The van der Waals surface area contributed by atoms with Crippen molar-refractivity contribution in [3.63, 3.8) is 0 Å². The third-order valence-electron chi connectivity index (χ3n) is 5.29. The fourth-order valence-electron chi connectivity index (χ4n) is 3.47. The van der Waals surface area contributed by atoms with Gasteiger partial charge in [0, 0.05) is 20.7 Å². The van der Waals surface area contributed by atoms with E-state index in [9.17, 15) is 18.8 Å². The Balaban J connectivity index is 1.49. The van der Waals surface area contributed by atoms with Crippen LogP contribution in [0.4, 0.5) is 14.9 Å². The number of nitrogens with zero attached hydrogens (tertiary/aromatic N) is 1. The molecule has 0 aromatic heterocycles. The summed E-state index contributed by atoms with van der Waals surface area (Å²) in [6.45, 7) is 1.97. The molecule has 38 heavy (non-hydrogen) atoms. The Morgan fingerprint density at radius 3 is 2.53 bits per heavy atom. The van der Waals surface area contributed by atoms with Crippen LogP contribution in [0.1, 0.15) is 18.1 Å². The zero-order valence-corrected chi connectivity index (χ0v) is 23.2. The summed E-state index contributed by atoms with van der Waals surface area (Å²) >= 11 is 10.5. The van der Waals surface area contributed by atoms with Crippen LogP contribution < -0.4 is 14.8 Å². The monoisotopic (exact) mass is 618 g/mol. The van der Waals surface area contributed by atoms with E-state index in [-0.39, 0.29) is 11.5 Å². The van der Waals surface area contributed by atoms with Crippen LogP contribution >= 0.6 is 39.3 Å². The van der Waals surface area contributed by atoms with E-state index in [0.717, 1.165) is 22.2 Å². The number of carbonyl (C=O) groups excluding carboxylic acids is 3. The van der Waals surface area contributed by atoms with Gasteiger partial charge in [0.1, 0.15) is 19.0 Å². The molecule has 0 aliphatic carbocycles. The lowest BCUT2D eigenvalue weighted by atomic mass is 10.1. The average Bonchev–Trinajstić information content (AvgIpc) is 3.14. The standard InChI is InChI=1S/C27H21BrClFN2O5S/c1-2-36-22-11-17(20(28)13-23(22)37-15-16-5-3-4-6-21(16)29)12-24-26(34)32(27(35)38-24)14-25(33)31-19-9-7-18(30)8-10-19/h3-13H,2,14-15H2,1H3,(H,31,33)/b24-12-. The summed E-state index contributed by atoms with van der Waals surface area (Å²) in [5, 5.41) is 2.55. The quantitative estimate of drug-likeness (QED) is 0.263. The molecule has 1 heterocycles. The van der Waals surface area contributed by atoms with Crippen molar-refractivity contribution in [1.29, 1.82) is 0 Å². The maximum absolute atomic E-state index is 13.1. The lowest BCUT2D eigenvalue weighted by Crippen LogP contribution is -2.36. The number of ether oxygens (including phenoxy) is 2. The fourth-order valence-corrected chi connectivity index (χ4v) is 4.92. The van der Waals surface area contributed by atoms with Crippen LogP contribution in [0.25, 0.3) is 6.08 Å². The molecule has 0 radical (unpaired) electrons. The van der Waals surface area contributed by atoms with Gasteiger partial charge in [0.25, 0.3) is 11.1 Å². The second-order valence-corrected chi connectivity index (χ2v) is 10.2. The first-order valence-corrected chi connectivity index (χ1v) is 13.4. The van der Waals surface area contributed by atoms with Crippen LogP contribution in [0, 0.1) is 5.82 Å². The van der Waals surface area contributed by atoms with Gasteiger partial charge in [-0.25, -0.2) is 4.39 Å². The van der Waals surface area contributed by atoms with Crippen LogP contribution in [0.3, 0.4) is 0 Å². The van der Waals surface area contributed by atoms with Crippen LogP contribution in [-0.2, 0) is 16.2 Å². The number of hydrogen-bond donors (Lipinski definition) is 1. The van der Waals surface area contributed by atoms with Gasteiger partial charge in [0.05, 0.1) is 11.5 Å². The van der Waals surface area contributed by atoms with E-state index in [4.69, 9.17) is 21.1 Å². The fraction of sp³-hybridized carbons (Fsp3) is 0.148. The van der Waals surface area contributed by atoms with E-state index in [0.29, 0.717) is 38.9 Å². The van der Waals surface area contributed by atoms with Crippen molar-refractivity contribution < 1.29 is 28.2 Å². The predicted molar refractivity (Wildman–Crippen MR) is 149 cm³/mol. The number of benzene rings is 3. The van der Waals surface area contributed by atoms with E-state index in [2.05, 4.69) is 21.2 Å². The van der Waals surface area contributed by atoms with Gasteiger partial charge in [-0.15, -0.1) is 0 Å². The third kappa shape index (κ3) is 6.75. The molecule has 3 aromatic rings. The first-order chi connectivity index (χ1) is 18.2. The summed E-state index contributed by atoms with van der Waals surface area (Å²) < 4.78 is 25.4. The van der Waals surface area contributed by atoms with Crippen molar-refractivity contribution in [2.75, 3.05) is 18.5 Å². The highest BCUT2D eigenvalue weighted by molar-refractivity contribution is 9.10. The Morgan fingerprint density at radius 1 is 1.11 bits per heavy atom. The summed E-state index contributed by atoms with van der Waals surface area (Å²) in [4.78, 5) is 38.8. The zero-order chi connectivity index (χ0) is 27.2. The molecule has 0 atom stereocenters. The second kappa shape index (κ2) is 12.5. The van der Waals surface area contributed by atoms with E-state index < -0.39 is 29.4 Å².